The molecule has 1 aromatic carbocycles. The fourth-order valence-corrected chi connectivity index (χ4v) is 1.58. The highest BCUT2D eigenvalue weighted by Crippen LogP contribution is 2.06. The molecule has 0 bridgehead atoms. The fraction of sp³-hybridized carbons (Fsp3) is 0.500. The molecular formula is C14H21NO. The summed E-state index contributed by atoms with van der Waals surface area (Å²) < 4.78 is 0. The second-order valence-corrected chi connectivity index (χ2v) is 4.28. The average Bonchev–Trinajstić information content (AvgIpc) is 2.35. The maximum Gasteiger partial charge on any atom is 0.164 e. The molecule has 0 aliphatic heterocycles. The molecule has 0 amide bonds. The summed E-state index contributed by atoms with van der Waals surface area (Å²) in [6.45, 7) is 5.19. The van der Waals surface area contributed by atoms with Crippen LogP contribution in [0.3, 0.4) is 0 Å². The van der Waals surface area contributed by atoms with Crippen LogP contribution in [0.15, 0.2) is 30.3 Å². The van der Waals surface area contributed by atoms with Gasteiger partial charge in [-0.05, 0) is 20.4 Å². The summed E-state index contributed by atoms with van der Waals surface area (Å²) in [5.41, 5.74) is 0.819. The standard InChI is InChI=1S/C14H21NO/c1-4-12(2)15(3)11-10-14(16)13-8-6-5-7-9-13/h5-9,12H,4,10-11H2,1-3H3. The van der Waals surface area contributed by atoms with E-state index >= 15 is 0 Å². The number of rotatable bonds is 6. The van der Waals surface area contributed by atoms with Crippen LogP contribution in [-0.2, 0) is 0 Å². The molecule has 0 radical (unpaired) electrons. The Morgan fingerprint density at radius 1 is 1.31 bits per heavy atom. The normalized spacial score (nSPS) is 12.8. The minimum absolute atomic E-state index is 0.232. The molecule has 0 aliphatic rings. The Bertz CT molecular complexity index is 321. The third kappa shape index (κ3) is 3.78. The van der Waals surface area contributed by atoms with Gasteiger partial charge in [-0.3, -0.25) is 4.79 Å². The van der Waals surface area contributed by atoms with Crippen molar-refractivity contribution in [2.45, 2.75) is 32.7 Å². The number of carbonyl (C=O) groups excluding carboxylic acids is 1. The van der Waals surface area contributed by atoms with Crippen LogP contribution in [0.4, 0.5) is 0 Å². The van der Waals surface area contributed by atoms with Gasteiger partial charge in [-0.15, -0.1) is 0 Å². The van der Waals surface area contributed by atoms with Gasteiger partial charge in [0.2, 0.25) is 0 Å². The van der Waals surface area contributed by atoms with Crippen LogP contribution in [0.1, 0.15) is 37.0 Å². The van der Waals surface area contributed by atoms with E-state index in [0.717, 1.165) is 18.5 Å². The van der Waals surface area contributed by atoms with Crippen LogP contribution in [-0.4, -0.2) is 30.3 Å². The van der Waals surface area contributed by atoms with E-state index in [9.17, 15) is 4.79 Å². The third-order valence-electron chi connectivity index (χ3n) is 3.13. The lowest BCUT2D eigenvalue weighted by atomic mass is 10.1. The first kappa shape index (κ1) is 12.9. The Kier molecular flexibility index (Phi) is 5.20. The zero-order valence-electron chi connectivity index (χ0n) is 10.4. The van der Waals surface area contributed by atoms with Crippen molar-refractivity contribution in [1.82, 2.24) is 4.90 Å². The minimum Gasteiger partial charge on any atom is -0.303 e. The Labute approximate surface area is 98.3 Å². The van der Waals surface area contributed by atoms with Gasteiger partial charge in [0.05, 0.1) is 0 Å². The lowest BCUT2D eigenvalue weighted by molar-refractivity contribution is 0.0961. The molecule has 0 heterocycles. The van der Waals surface area contributed by atoms with Gasteiger partial charge in [-0.2, -0.15) is 0 Å². The number of benzene rings is 1. The van der Waals surface area contributed by atoms with Crippen molar-refractivity contribution in [1.29, 1.82) is 0 Å². The highest BCUT2D eigenvalue weighted by atomic mass is 16.1. The predicted molar refractivity (Wildman–Crippen MR) is 67.8 cm³/mol. The summed E-state index contributed by atoms with van der Waals surface area (Å²) in [6.07, 6.45) is 1.72. The molecule has 0 spiro atoms. The molecule has 0 saturated heterocycles. The van der Waals surface area contributed by atoms with Gasteiger partial charge in [0, 0.05) is 24.6 Å². The summed E-state index contributed by atoms with van der Waals surface area (Å²) in [4.78, 5) is 14.1. The first-order valence-electron chi connectivity index (χ1n) is 5.93. The van der Waals surface area contributed by atoms with Crippen LogP contribution in [0.2, 0.25) is 0 Å². The maximum absolute atomic E-state index is 11.8. The van der Waals surface area contributed by atoms with Gasteiger partial charge in [-0.25, -0.2) is 0 Å². The third-order valence-corrected chi connectivity index (χ3v) is 3.13. The zero-order valence-corrected chi connectivity index (χ0v) is 10.4. The van der Waals surface area contributed by atoms with E-state index in [4.69, 9.17) is 0 Å². The number of nitrogens with zero attached hydrogens (tertiary/aromatic N) is 1. The monoisotopic (exact) mass is 219 g/mol. The van der Waals surface area contributed by atoms with Crippen LogP contribution in [0, 0.1) is 0 Å². The lowest BCUT2D eigenvalue weighted by Crippen LogP contribution is -2.30. The van der Waals surface area contributed by atoms with Crippen molar-refractivity contribution in [3.63, 3.8) is 0 Å². The van der Waals surface area contributed by atoms with E-state index < -0.39 is 0 Å². The van der Waals surface area contributed by atoms with Gasteiger partial charge in [-0.1, -0.05) is 37.3 Å². The smallest absolute Gasteiger partial charge is 0.164 e. The van der Waals surface area contributed by atoms with Crippen molar-refractivity contribution in [3.05, 3.63) is 35.9 Å². The molecule has 2 heteroatoms. The molecule has 2 nitrogen and oxygen atoms in total. The zero-order chi connectivity index (χ0) is 12.0. The molecular weight excluding hydrogens is 198 g/mol. The Balaban J connectivity index is 2.42. The van der Waals surface area contributed by atoms with E-state index in [2.05, 4.69) is 25.8 Å². The van der Waals surface area contributed by atoms with Crippen LogP contribution in [0.5, 0.6) is 0 Å². The topological polar surface area (TPSA) is 20.3 Å². The van der Waals surface area contributed by atoms with Crippen LogP contribution < -0.4 is 0 Å². The van der Waals surface area contributed by atoms with Crippen molar-refractivity contribution in [2.75, 3.05) is 13.6 Å². The molecule has 0 saturated carbocycles. The van der Waals surface area contributed by atoms with Gasteiger partial charge in [0.1, 0.15) is 0 Å². The molecule has 1 unspecified atom stereocenters. The van der Waals surface area contributed by atoms with Crippen LogP contribution in [0.25, 0.3) is 0 Å². The number of ketones is 1. The summed E-state index contributed by atoms with van der Waals surface area (Å²) in [5.74, 6) is 0.232. The molecule has 16 heavy (non-hydrogen) atoms. The number of Topliss-reactive ketones (excluding diaryl/α,β-unsaturated/α-hetero) is 1. The molecule has 88 valence electrons. The first-order valence-corrected chi connectivity index (χ1v) is 5.93. The quantitative estimate of drug-likeness (QED) is 0.685. The molecule has 0 N–H and O–H groups in total. The van der Waals surface area contributed by atoms with Gasteiger partial charge in [0.15, 0.2) is 5.78 Å². The summed E-state index contributed by atoms with van der Waals surface area (Å²) in [5, 5.41) is 0. The highest BCUT2D eigenvalue weighted by molar-refractivity contribution is 5.96. The molecule has 1 rings (SSSR count). The van der Waals surface area contributed by atoms with Gasteiger partial charge < -0.3 is 4.90 Å². The van der Waals surface area contributed by atoms with E-state index in [0.29, 0.717) is 12.5 Å². The highest BCUT2D eigenvalue weighted by Gasteiger charge is 2.10. The van der Waals surface area contributed by atoms with E-state index in [-0.39, 0.29) is 5.78 Å². The molecule has 0 fully saturated rings. The summed E-state index contributed by atoms with van der Waals surface area (Å²) in [7, 11) is 2.08. The molecule has 0 aromatic heterocycles. The second-order valence-electron chi connectivity index (χ2n) is 4.28. The minimum atomic E-state index is 0.232. The van der Waals surface area contributed by atoms with Gasteiger partial charge >= 0.3 is 0 Å². The largest absolute Gasteiger partial charge is 0.303 e. The molecule has 1 atom stereocenters. The van der Waals surface area contributed by atoms with Crippen molar-refractivity contribution < 1.29 is 4.79 Å². The maximum atomic E-state index is 11.8. The number of hydrogen-bond acceptors (Lipinski definition) is 2. The average molecular weight is 219 g/mol. The molecule has 0 aliphatic carbocycles. The Hall–Kier alpha value is -1.15. The number of hydrogen-bond donors (Lipinski definition) is 0. The number of carbonyl (C=O) groups is 1. The van der Waals surface area contributed by atoms with E-state index in [1.165, 1.54) is 0 Å². The Morgan fingerprint density at radius 3 is 2.50 bits per heavy atom. The first-order chi connectivity index (χ1) is 7.65. The second kappa shape index (κ2) is 6.44. The summed E-state index contributed by atoms with van der Waals surface area (Å²) in [6, 6.07) is 10.1. The predicted octanol–water partition coefficient (Wildman–Crippen LogP) is 2.99. The van der Waals surface area contributed by atoms with Crippen molar-refractivity contribution >= 4 is 5.78 Å². The van der Waals surface area contributed by atoms with E-state index in [1.807, 2.05) is 30.3 Å². The SMILES string of the molecule is CCC(C)N(C)CCC(=O)c1ccccc1. The Morgan fingerprint density at radius 2 is 1.94 bits per heavy atom. The lowest BCUT2D eigenvalue weighted by Gasteiger charge is -2.22. The fourth-order valence-electron chi connectivity index (χ4n) is 1.58. The van der Waals surface area contributed by atoms with Crippen molar-refractivity contribution in [2.24, 2.45) is 0 Å². The van der Waals surface area contributed by atoms with Crippen molar-refractivity contribution in [3.8, 4) is 0 Å². The van der Waals surface area contributed by atoms with Gasteiger partial charge in [0.25, 0.3) is 0 Å². The van der Waals surface area contributed by atoms with Crippen LogP contribution >= 0.6 is 0 Å². The van der Waals surface area contributed by atoms with E-state index in [1.54, 1.807) is 0 Å². The summed E-state index contributed by atoms with van der Waals surface area (Å²) >= 11 is 0. The molecule has 1 aromatic rings.